The monoisotopic (exact) mass is 411 g/mol. The van der Waals surface area contributed by atoms with Crippen molar-refractivity contribution in [3.8, 4) is 0 Å². The number of benzene rings is 1. The predicted octanol–water partition coefficient (Wildman–Crippen LogP) is 2.93. The first-order valence-corrected chi connectivity index (χ1v) is 10.1. The van der Waals surface area contributed by atoms with Crippen LogP contribution in [0.5, 0.6) is 0 Å². The van der Waals surface area contributed by atoms with E-state index < -0.39 is 0 Å². The third-order valence-corrected chi connectivity index (χ3v) is 5.32. The molecule has 2 amide bonds. The second-order valence-electron chi connectivity index (χ2n) is 6.24. The van der Waals surface area contributed by atoms with E-state index in [9.17, 15) is 14.0 Å². The number of carbonyl (C=O) groups is 2. The van der Waals surface area contributed by atoms with Gasteiger partial charge in [0, 0.05) is 19.3 Å². The zero-order chi connectivity index (χ0) is 19.8. The van der Waals surface area contributed by atoms with E-state index in [0.717, 1.165) is 11.7 Å². The number of amides is 2. The Balaban J connectivity index is 1.74. The number of nitrogens with zero attached hydrogens (tertiary/aromatic N) is 3. The molecule has 0 spiro atoms. The largest absolute Gasteiger partial charge is 0.360 e. The predicted molar refractivity (Wildman–Crippen MR) is 107 cm³/mol. The van der Waals surface area contributed by atoms with Crippen LogP contribution in [-0.4, -0.2) is 52.8 Å². The van der Waals surface area contributed by atoms with E-state index >= 15 is 0 Å². The summed E-state index contributed by atoms with van der Waals surface area (Å²) in [6, 6.07) is 5.44. The quantitative estimate of drug-likeness (QED) is 0.617. The molecule has 0 saturated carbocycles. The summed E-state index contributed by atoms with van der Waals surface area (Å²) in [5.74, 6) is -0.253. The first kappa shape index (κ1) is 21.1. The molecule has 0 radical (unpaired) electrons. The fourth-order valence-corrected chi connectivity index (χ4v) is 3.60. The van der Waals surface area contributed by atoms with Crippen molar-refractivity contribution in [1.82, 2.24) is 15.1 Å². The normalized spacial score (nSPS) is 10.7. The van der Waals surface area contributed by atoms with Crippen LogP contribution >= 0.6 is 23.1 Å². The zero-order valence-electron chi connectivity index (χ0n) is 15.4. The van der Waals surface area contributed by atoms with Gasteiger partial charge in [-0.25, -0.2) is 4.39 Å². The lowest BCUT2D eigenvalue weighted by atomic mass is 10.2. The minimum atomic E-state index is -0.378. The third-order valence-electron chi connectivity index (χ3n) is 3.32. The highest BCUT2D eigenvalue weighted by atomic mass is 32.2. The van der Waals surface area contributed by atoms with Gasteiger partial charge < -0.3 is 15.5 Å². The molecule has 1 aromatic heterocycles. The van der Waals surface area contributed by atoms with Crippen molar-refractivity contribution in [3.05, 3.63) is 30.1 Å². The molecule has 0 aliphatic rings. The molecule has 1 heterocycles. The lowest BCUT2D eigenvalue weighted by molar-refractivity contribution is -0.131. The van der Waals surface area contributed by atoms with Gasteiger partial charge in [-0.05, 0) is 30.2 Å². The van der Waals surface area contributed by atoms with E-state index in [-0.39, 0.29) is 29.9 Å². The number of hydrogen-bond donors (Lipinski definition) is 2. The zero-order valence-corrected chi connectivity index (χ0v) is 17.0. The lowest BCUT2D eigenvalue weighted by Gasteiger charge is -2.16. The molecule has 2 rings (SSSR count). The van der Waals surface area contributed by atoms with E-state index in [2.05, 4.69) is 34.7 Å². The van der Waals surface area contributed by atoms with Crippen LogP contribution in [0.1, 0.15) is 13.8 Å². The Morgan fingerprint density at radius 1 is 1.26 bits per heavy atom. The molecule has 0 fully saturated rings. The van der Waals surface area contributed by atoms with Gasteiger partial charge >= 0.3 is 0 Å². The summed E-state index contributed by atoms with van der Waals surface area (Å²) in [6.07, 6.45) is 0. The van der Waals surface area contributed by atoms with Crippen molar-refractivity contribution in [2.45, 2.75) is 18.2 Å². The average molecular weight is 412 g/mol. The minimum Gasteiger partial charge on any atom is -0.360 e. The molecule has 27 heavy (non-hydrogen) atoms. The molecular formula is C17H22FN5O2S2. The molecule has 1 aromatic carbocycles. The van der Waals surface area contributed by atoms with Crippen LogP contribution in [0.15, 0.2) is 28.6 Å². The second-order valence-corrected chi connectivity index (χ2v) is 8.44. The van der Waals surface area contributed by atoms with Gasteiger partial charge in [0.2, 0.25) is 16.9 Å². The van der Waals surface area contributed by atoms with Crippen molar-refractivity contribution in [1.29, 1.82) is 0 Å². The van der Waals surface area contributed by atoms with Gasteiger partial charge in [0.15, 0.2) is 4.34 Å². The van der Waals surface area contributed by atoms with Gasteiger partial charge in [-0.2, -0.15) is 0 Å². The molecule has 0 aliphatic heterocycles. The third kappa shape index (κ3) is 7.51. The number of hydrogen-bond acceptors (Lipinski definition) is 7. The van der Waals surface area contributed by atoms with Crippen LogP contribution in [0, 0.1) is 11.7 Å². The van der Waals surface area contributed by atoms with Crippen molar-refractivity contribution in [2.24, 2.45) is 5.92 Å². The fraction of sp³-hybridized carbons (Fsp3) is 0.412. The Morgan fingerprint density at radius 3 is 2.63 bits per heavy atom. The topological polar surface area (TPSA) is 87.2 Å². The molecule has 7 nitrogen and oxygen atoms in total. The van der Waals surface area contributed by atoms with Gasteiger partial charge in [-0.1, -0.05) is 36.9 Å². The van der Waals surface area contributed by atoms with Crippen molar-refractivity contribution in [3.63, 3.8) is 0 Å². The SMILES string of the molecule is CC(C)CNc1nnc(SCC(=O)N(C)CC(=O)Nc2ccc(F)cc2)s1. The summed E-state index contributed by atoms with van der Waals surface area (Å²) >= 11 is 2.68. The molecule has 0 aliphatic carbocycles. The molecule has 0 unspecified atom stereocenters. The fourth-order valence-electron chi connectivity index (χ4n) is 1.90. The highest BCUT2D eigenvalue weighted by Crippen LogP contribution is 2.25. The Kier molecular flexibility index (Phi) is 7.99. The molecule has 0 atom stereocenters. The number of thioether (sulfide) groups is 1. The number of carbonyl (C=O) groups excluding carboxylic acids is 2. The first-order chi connectivity index (χ1) is 12.8. The van der Waals surface area contributed by atoms with Gasteiger partial charge in [0.05, 0.1) is 12.3 Å². The summed E-state index contributed by atoms with van der Waals surface area (Å²) in [4.78, 5) is 25.5. The number of halogens is 1. The summed E-state index contributed by atoms with van der Waals surface area (Å²) in [5, 5.41) is 14.6. The maximum Gasteiger partial charge on any atom is 0.243 e. The summed E-state index contributed by atoms with van der Waals surface area (Å²) in [7, 11) is 1.56. The summed E-state index contributed by atoms with van der Waals surface area (Å²) < 4.78 is 13.6. The standard InChI is InChI=1S/C17H22FN5O2S2/c1-11(2)8-19-16-21-22-17(27-16)26-10-15(25)23(3)9-14(24)20-13-6-4-12(18)5-7-13/h4-7,11H,8-10H2,1-3H3,(H,19,21)(H,20,24). The molecule has 0 bridgehead atoms. The highest BCUT2D eigenvalue weighted by molar-refractivity contribution is 8.01. The van der Waals surface area contributed by atoms with Gasteiger partial charge in [-0.3, -0.25) is 9.59 Å². The molecule has 10 heteroatoms. The number of nitrogens with one attached hydrogen (secondary N) is 2. The average Bonchev–Trinajstić information content (AvgIpc) is 3.07. The molecular weight excluding hydrogens is 389 g/mol. The lowest BCUT2D eigenvalue weighted by Crippen LogP contribution is -2.35. The highest BCUT2D eigenvalue weighted by Gasteiger charge is 2.15. The Morgan fingerprint density at radius 2 is 1.96 bits per heavy atom. The molecule has 146 valence electrons. The van der Waals surface area contributed by atoms with Crippen LogP contribution in [0.2, 0.25) is 0 Å². The molecule has 2 aromatic rings. The van der Waals surface area contributed by atoms with Crippen LogP contribution in [0.4, 0.5) is 15.2 Å². The maximum atomic E-state index is 12.9. The van der Waals surface area contributed by atoms with E-state index in [1.807, 2.05) is 0 Å². The maximum absolute atomic E-state index is 12.9. The van der Waals surface area contributed by atoms with E-state index in [0.29, 0.717) is 15.9 Å². The van der Waals surface area contributed by atoms with Crippen molar-refractivity contribution < 1.29 is 14.0 Å². The number of aromatic nitrogens is 2. The van der Waals surface area contributed by atoms with E-state index in [4.69, 9.17) is 0 Å². The smallest absolute Gasteiger partial charge is 0.243 e. The Bertz CT molecular complexity index is 767. The first-order valence-electron chi connectivity index (χ1n) is 8.33. The van der Waals surface area contributed by atoms with Crippen LogP contribution in [-0.2, 0) is 9.59 Å². The summed E-state index contributed by atoms with van der Waals surface area (Å²) in [5.41, 5.74) is 0.479. The van der Waals surface area contributed by atoms with Crippen molar-refractivity contribution in [2.75, 3.05) is 36.5 Å². The molecule has 0 saturated heterocycles. The van der Waals surface area contributed by atoms with Gasteiger partial charge in [-0.15, -0.1) is 10.2 Å². The van der Waals surface area contributed by atoms with E-state index in [1.54, 1.807) is 7.05 Å². The van der Waals surface area contributed by atoms with Crippen LogP contribution in [0.3, 0.4) is 0 Å². The van der Waals surface area contributed by atoms with Crippen molar-refractivity contribution >= 4 is 45.7 Å². The van der Waals surface area contributed by atoms with Crippen LogP contribution in [0.25, 0.3) is 0 Å². The van der Waals surface area contributed by atoms with Gasteiger partial charge in [0.25, 0.3) is 0 Å². The number of anilines is 2. The Labute approximate surface area is 165 Å². The summed E-state index contributed by atoms with van der Waals surface area (Å²) in [6.45, 7) is 4.92. The van der Waals surface area contributed by atoms with Gasteiger partial charge in [0.1, 0.15) is 5.82 Å². The Hall–Kier alpha value is -2.20. The minimum absolute atomic E-state index is 0.0892. The molecule has 2 N–H and O–H groups in total. The number of rotatable bonds is 9. The van der Waals surface area contributed by atoms with E-state index in [1.165, 1.54) is 52.3 Å². The van der Waals surface area contributed by atoms with Crippen LogP contribution < -0.4 is 10.6 Å². The second kappa shape index (κ2) is 10.2. The number of likely N-dealkylation sites (N-methyl/N-ethyl adjacent to an activating group) is 1.